The third-order valence-corrected chi connectivity index (χ3v) is 13.7. The van der Waals surface area contributed by atoms with Gasteiger partial charge in [-0.25, -0.2) is 0 Å². The van der Waals surface area contributed by atoms with E-state index in [0.717, 1.165) is 0 Å². The summed E-state index contributed by atoms with van der Waals surface area (Å²) in [5.74, 6) is -0.543. The van der Waals surface area contributed by atoms with Crippen LogP contribution in [-0.2, 0) is 19.1 Å². The van der Waals surface area contributed by atoms with Crippen molar-refractivity contribution in [2.24, 2.45) is 17.3 Å². The summed E-state index contributed by atoms with van der Waals surface area (Å²) < 4.78 is 13.5. The van der Waals surface area contributed by atoms with Crippen molar-refractivity contribution in [3.63, 3.8) is 0 Å². The van der Waals surface area contributed by atoms with Crippen molar-refractivity contribution >= 4 is 48.7 Å². The molecule has 0 spiro atoms. The van der Waals surface area contributed by atoms with Gasteiger partial charge in [-0.15, -0.1) is 0 Å². The Morgan fingerprint density at radius 2 is 1.10 bits per heavy atom. The standard InChI is InChI=1S/C19H28O4.6CH3.2Sn/c1-7-9-15-11-19(12-16(15)10-8-2,17(20)22-13(3)4)18(21)23-14(5)6;;;;;;;;/h7-10,13-16H,1-2,11-12H2,3-6H3;6*1H3;;/b9-7-,10-8+;;;;;;;;/t15-,16-;;;;;;;;/m1......../s1. The van der Waals surface area contributed by atoms with Crippen LogP contribution in [0.4, 0.5) is 0 Å². The van der Waals surface area contributed by atoms with E-state index in [1.54, 1.807) is 0 Å². The average Bonchev–Trinajstić information content (AvgIpc) is 2.91. The molecule has 1 fully saturated rings. The van der Waals surface area contributed by atoms with Gasteiger partial charge < -0.3 is 0 Å². The van der Waals surface area contributed by atoms with Crippen LogP contribution in [0.3, 0.4) is 0 Å². The SMILES string of the molecule is CC(C)OC(=O)C1(C(=O)OC(C)C)C[C@@H](/C=C\[CH2][Sn]([CH3])([CH3])[CH3])[C@H](/C=C/[CH2][Sn]([CH3])([CH3])[CH3])C1. The number of carbonyl (C=O) groups excluding carboxylic acids is 2. The predicted octanol–water partition coefficient (Wildman–Crippen LogP) is 6.69. The van der Waals surface area contributed by atoms with E-state index in [2.05, 4.69) is 53.9 Å². The number of hydrogen-bond donors (Lipinski definition) is 0. The summed E-state index contributed by atoms with van der Waals surface area (Å²) in [5, 5.41) is 0. The first kappa shape index (κ1) is 29.0. The molecule has 0 aromatic carbocycles. The molecule has 1 saturated carbocycles. The van der Waals surface area contributed by atoms with Crippen LogP contribution in [0.5, 0.6) is 0 Å². The molecule has 0 N–H and O–H groups in total. The van der Waals surface area contributed by atoms with Crippen molar-refractivity contribution in [1.82, 2.24) is 0 Å². The van der Waals surface area contributed by atoms with Gasteiger partial charge in [0.05, 0.1) is 0 Å². The Bertz CT molecular complexity index is 608. The van der Waals surface area contributed by atoms with Crippen molar-refractivity contribution in [2.75, 3.05) is 0 Å². The first-order chi connectivity index (χ1) is 14.1. The Balaban J connectivity index is 3.28. The average molecular weight is 648 g/mol. The molecule has 6 heteroatoms. The van der Waals surface area contributed by atoms with Gasteiger partial charge in [-0.05, 0) is 0 Å². The van der Waals surface area contributed by atoms with Gasteiger partial charge in [0, 0.05) is 0 Å². The fourth-order valence-corrected chi connectivity index (χ4v) is 8.69. The molecule has 1 rings (SSSR count). The number of ether oxygens (including phenoxy) is 2. The van der Waals surface area contributed by atoms with Crippen molar-refractivity contribution in [3.8, 4) is 0 Å². The molecule has 0 unspecified atom stereocenters. The summed E-state index contributed by atoms with van der Waals surface area (Å²) in [4.78, 5) is 40.9. The van der Waals surface area contributed by atoms with E-state index in [1.807, 2.05) is 27.7 Å². The van der Waals surface area contributed by atoms with Gasteiger partial charge in [0.1, 0.15) is 0 Å². The Labute approximate surface area is 199 Å². The second-order valence-corrected chi connectivity index (χ2v) is 43.7. The van der Waals surface area contributed by atoms with Gasteiger partial charge in [-0.1, -0.05) is 0 Å². The Morgan fingerprint density at radius 1 is 0.774 bits per heavy atom. The zero-order valence-corrected chi connectivity index (χ0v) is 27.3. The van der Waals surface area contributed by atoms with Crippen LogP contribution < -0.4 is 0 Å². The zero-order valence-electron chi connectivity index (χ0n) is 21.6. The molecule has 1 aliphatic carbocycles. The third-order valence-electron chi connectivity index (χ3n) is 5.41. The van der Waals surface area contributed by atoms with E-state index in [4.69, 9.17) is 9.47 Å². The van der Waals surface area contributed by atoms with Crippen LogP contribution >= 0.6 is 0 Å². The monoisotopic (exact) mass is 650 g/mol. The van der Waals surface area contributed by atoms with Crippen molar-refractivity contribution in [3.05, 3.63) is 24.3 Å². The van der Waals surface area contributed by atoms with Gasteiger partial charge in [0.25, 0.3) is 0 Å². The van der Waals surface area contributed by atoms with E-state index in [0.29, 0.717) is 12.8 Å². The maximum absolute atomic E-state index is 13.2. The number of allylic oxidation sites excluding steroid dienone is 4. The minimum absolute atomic E-state index is 0.152. The molecule has 0 aromatic rings. The van der Waals surface area contributed by atoms with E-state index in [-0.39, 0.29) is 24.0 Å². The topological polar surface area (TPSA) is 52.6 Å². The van der Waals surface area contributed by atoms with Crippen molar-refractivity contribution in [1.29, 1.82) is 0 Å². The van der Waals surface area contributed by atoms with Gasteiger partial charge >= 0.3 is 201 Å². The van der Waals surface area contributed by atoms with Gasteiger partial charge in [-0.2, -0.15) is 0 Å². The second kappa shape index (κ2) is 11.9. The Hall–Kier alpha value is 0.0174. The number of rotatable bonds is 10. The molecule has 178 valence electrons. The third kappa shape index (κ3) is 10.2. The Kier molecular flexibility index (Phi) is 11.2. The molecular weight excluding hydrogens is 602 g/mol. The van der Waals surface area contributed by atoms with Crippen LogP contribution in [0.2, 0.25) is 38.5 Å². The summed E-state index contributed by atoms with van der Waals surface area (Å²) >= 11 is -3.85. The summed E-state index contributed by atoms with van der Waals surface area (Å²) in [6.07, 6.45) is 9.57. The first-order valence-corrected chi connectivity index (χ1v) is 33.0. The van der Waals surface area contributed by atoms with E-state index >= 15 is 0 Å². The molecule has 0 bridgehead atoms. The summed E-state index contributed by atoms with van der Waals surface area (Å²) in [6.45, 7) is 7.32. The van der Waals surface area contributed by atoms with Gasteiger partial charge in [-0.3, -0.25) is 0 Å². The van der Waals surface area contributed by atoms with Gasteiger partial charge in [0.15, 0.2) is 0 Å². The number of carbonyl (C=O) groups is 2. The number of esters is 2. The fraction of sp³-hybridized carbons (Fsp3) is 0.760. The predicted molar refractivity (Wildman–Crippen MR) is 136 cm³/mol. The van der Waals surface area contributed by atoms with E-state index < -0.39 is 54.1 Å². The molecule has 4 nitrogen and oxygen atoms in total. The molecule has 31 heavy (non-hydrogen) atoms. The molecule has 0 radical (unpaired) electrons. The van der Waals surface area contributed by atoms with Gasteiger partial charge in [0.2, 0.25) is 0 Å². The van der Waals surface area contributed by atoms with Crippen LogP contribution in [0.15, 0.2) is 24.3 Å². The van der Waals surface area contributed by atoms with Crippen LogP contribution in [0.25, 0.3) is 0 Å². The molecule has 0 heterocycles. The quantitative estimate of drug-likeness (QED) is 0.115. The van der Waals surface area contributed by atoms with Crippen LogP contribution in [0.1, 0.15) is 40.5 Å². The molecule has 0 aliphatic heterocycles. The molecule has 1 aliphatic rings. The summed E-state index contributed by atoms with van der Waals surface area (Å²) in [7, 11) is 0. The van der Waals surface area contributed by atoms with E-state index in [1.165, 1.54) is 8.87 Å². The summed E-state index contributed by atoms with van der Waals surface area (Å²) in [6, 6.07) is 0. The first-order valence-electron chi connectivity index (χ1n) is 11.8. The molecule has 2 atom stereocenters. The van der Waals surface area contributed by atoms with Crippen molar-refractivity contribution < 1.29 is 19.1 Å². The fourth-order valence-electron chi connectivity index (χ4n) is 3.88. The normalized spacial score (nSPS) is 22.1. The second-order valence-electron chi connectivity index (χ2n) is 12.1. The minimum atomic E-state index is -1.92. The molecule has 0 aromatic heterocycles. The molecular formula is C25H46O4Sn2. The molecule has 0 amide bonds. The van der Waals surface area contributed by atoms with E-state index in [9.17, 15) is 9.59 Å². The molecule has 0 saturated heterocycles. The van der Waals surface area contributed by atoms with Crippen LogP contribution in [-0.4, -0.2) is 60.9 Å². The number of hydrogen-bond acceptors (Lipinski definition) is 4. The Morgan fingerprint density at radius 3 is 1.35 bits per heavy atom. The zero-order chi connectivity index (χ0) is 24.0. The van der Waals surface area contributed by atoms with Crippen LogP contribution in [0, 0.1) is 17.3 Å². The summed E-state index contributed by atoms with van der Waals surface area (Å²) in [5.41, 5.74) is -1.21. The maximum atomic E-state index is 13.2. The van der Waals surface area contributed by atoms with Crippen molar-refractivity contribution in [2.45, 2.75) is 91.3 Å².